The van der Waals surface area contributed by atoms with Crippen molar-refractivity contribution in [3.63, 3.8) is 0 Å². The van der Waals surface area contributed by atoms with Crippen LogP contribution in [0, 0.1) is 6.92 Å². The number of carbonyl (C=O) groups excluding carboxylic acids is 2. The number of carbonyl (C=O) groups is 2. The maximum atomic E-state index is 12.3. The third-order valence-electron chi connectivity index (χ3n) is 4.59. The topological polar surface area (TPSA) is 61.9 Å². The Balaban J connectivity index is 1.42. The molecule has 1 aromatic carbocycles. The van der Waals surface area contributed by atoms with Gasteiger partial charge < -0.3 is 15.0 Å². The smallest absolute Gasteiger partial charge is 0.251 e. The largest absolute Gasteiger partial charge is 0.368 e. The van der Waals surface area contributed by atoms with Gasteiger partial charge in [-0.25, -0.2) is 0 Å². The van der Waals surface area contributed by atoms with E-state index >= 15 is 0 Å². The van der Waals surface area contributed by atoms with Crippen molar-refractivity contribution in [3.05, 3.63) is 29.8 Å². The van der Waals surface area contributed by atoms with Crippen molar-refractivity contribution < 1.29 is 14.3 Å². The van der Waals surface area contributed by atoms with Gasteiger partial charge in [0.05, 0.1) is 6.54 Å². The van der Waals surface area contributed by atoms with E-state index in [0.717, 1.165) is 31.6 Å². The van der Waals surface area contributed by atoms with E-state index in [0.29, 0.717) is 26.2 Å². The second-order valence-electron chi connectivity index (χ2n) is 6.52. The van der Waals surface area contributed by atoms with Crippen LogP contribution in [-0.2, 0) is 14.3 Å². The van der Waals surface area contributed by atoms with E-state index < -0.39 is 0 Å². The van der Waals surface area contributed by atoms with Crippen molar-refractivity contribution in [2.75, 3.05) is 44.6 Å². The van der Waals surface area contributed by atoms with Crippen LogP contribution in [0.1, 0.15) is 18.4 Å². The summed E-state index contributed by atoms with van der Waals surface area (Å²) in [4.78, 5) is 28.4. The van der Waals surface area contributed by atoms with E-state index in [4.69, 9.17) is 4.74 Å². The maximum Gasteiger partial charge on any atom is 0.251 e. The van der Waals surface area contributed by atoms with Gasteiger partial charge >= 0.3 is 0 Å². The van der Waals surface area contributed by atoms with Crippen LogP contribution in [0.25, 0.3) is 0 Å². The van der Waals surface area contributed by atoms with Crippen LogP contribution in [0.2, 0.25) is 0 Å². The fraction of sp³-hybridized carbons (Fsp3) is 0.556. The number of ether oxygens (including phenoxy) is 1. The molecule has 2 heterocycles. The fourth-order valence-corrected chi connectivity index (χ4v) is 3.14. The molecule has 0 aliphatic carbocycles. The van der Waals surface area contributed by atoms with Crippen LogP contribution in [0.15, 0.2) is 24.3 Å². The second kappa shape index (κ2) is 7.77. The molecule has 2 fully saturated rings. The Morgan fingerprint density at radius 2 is 1.88 bits per heavy atom. The zero-order valence-electron chi connectivity index (χ0n) is 14.2. The Morgan fingerprint density at radius 1 is 1.17 bits per heavy atom. The van der Waals surface area contributed by atoms with E-state index in [9.17, 15) is 9.59 Å². The zero-order chi connectivity index (χ0) is 16.9. The molecule has 24 heavy (non-hydrogen) atoms. The number of rotatable bonds is 4. The summed E-state index contributed by atoms with van der Waals surface area (Å²) in [5.41, 5.74) is 1.98. The minimum Gasteiger partial charge on any atom is -0.368 e. The summed E-state index contributed by atoms with van der Waals surface area (Å²) < 4.78 is 5.47. The molecule has 6 heteroatoms. The Bertz CT molecular complexity index is 574. The first-order chi connectivity index (χ1) is 11.6. The number of hydrogen-bond donors (Lipinski definition) is 1. The number of aryl methyl sites for hydroxylation is 1. The highest BCUT2D eigenvalue weighted by Crippen LogP contribution is 2.16. The zero-order valence-corrected chi connectivity index (χ0v) is 14.2. The van der Waals surface area contributed by atoms with Gasteiger partial charge in [-0.15, -0.1) is 0 Å². The number of hydrogen-bond acceptors (Lipinski definition) is 4. The van der Waals surface area contributed by atoms with E-state index in [2.05, 4.69) is 10.2 Å². The van der Waals surface area contributed by atoms with Gasteiger partial charge in [-0.2, -0.15) is 0 Å². The molecule has 6 nitrogen and oxygen atoms in total. The van der Waals surface area contributed by atoms with Crippen molar-refractivity contribution in [2.45, 2.75) is 25.9 Å². The number of benzene rings is 1. The molecular formula is C18H25N3O3. The highest BCUT2D eigenvalue weighted by atomic mass is 16.5. The fourth-order valence-electron chi connectivity index (χ4n) is 3.14. The normalized spacial score (nSPS) is 21.7. The third-order valence-corrected chi connectivity index (χ3v) is 4.59. The molecule has 0 spiro atoms. The Hall–Kier alpha value is -1.92. The molecule has 3 rings (SSSR count). The molecule has 1 unspecified atom stereocenters. The highest BCUT2D eigenvalue weighted by molar-refractivity contribution is 5.92. The molecule has 0 bridgehead atoms. The number of nitrogens with one attached hydrogen (secondary N) is 1. The van der Waals surface area contributed by atoms with Crippen LogP contribution in [0.4, 0.5) is 5.69 Å². The molecule has 1 atom stereocenters. The minimum absolute atomic E-state index is 0.0160. The molecule has 1 aromatic rings. The van der Waals surface area contributed by atoms with Crippen LogP contribution in [0.3, 0.4) is 0 Å². The first kappa shape index (κ1) is 16.9. The van der Waals surface area contributed by atoms with Crippen LogP contribution in [-0.4, -0.2) is 67.0 Å². The summed E-state index contributed by atoms with van der Waals surface area (Å²) in [6, 6.07) is 7.77. The summed E-state index contributed by atoms with van der Waals surface area (Å²) in [6.07, 6.45) is 1.55. The molecule has 1 N–H and O–H groups in total. The molecule has 0 saturated carbocycles. The lowest BCUT2D eigenvalue weighted by molar-refractivity contribution is -0.142. The van der Waals surface area contributed by atoms with Gasteiger partial charge in [0, 0.05) is 38.5 Å². The molecule has 130 valence electrons. The van der Waals surface area contributed by atoms with Crippen LogP contribution < -0.4 is 5.32 Å². The van der Waals surface area contributed by atoms with Gasteiger partial charge in [0.1, 0.15) is 6.10 Å². The summed E-state index contributed by atoms with van der Waals surface area (Å²) in [7, 11) is 0. The SMILES string of the molecule is Cc1ccc(NC(=O)CN2CCN(C(=O)C3CCCO3)CC2)cc1. The van der Waals surface area contributed by atoms with Gasteiger partial charge in [-0.1, -0.05) is 17.7 Å². The first-order valence-corrected chi connectivity index (χ1v) is 8.61. The monoisotopic (exact) mass is 331 g/mol. The number of anilines is 1. The van der Waals surface area contributed by atoms with Gasteiger partial charge in [-0.05, 0) is 31.9 Å². The summed E-state index contributed by atoms with van der Waals surface area (Å²) >= 11 is 0. The van der Waals surface area contributed by atoms with Gasteiger partial charge in [0.2, 0.25) is 5.91 Å². The van der Waals surface area contributed by atoms with E-state index in [1.54, 1.807) is 0 Å². The lowest BCUT2D eigenvalue weighted by atomic mass is 10.2. The Morgan fingerprint density at radius 3 is 2.50 bits per heavy atom. The number of nitrogens with zero attached hydrogens (tertiary/aromatic N) is 2. The van der Waals surface area contributed by atoms with Crippen LogP contribution in [0.5, 0.6) is 0 Å². The van der Waals surface area contributed by atoms with Crippen molar-refractivity contribution >= 4 is 17.5 Å². The highest BCUT2D eigenvalue weighted by Gasteiger charge is 2.30. The lowest BCUT2D eigenvalue weighted by Crippen LogP contribution is -2.52. The molecule has 2 saturated heterocycles. The van der Waals surface area contributed by atoms with Crippen LogP contribution >= 0.6 is 0 Å². The standard InChI is InChI=1S/C18H25N3O3/c1-14-4-6-15(7-5-14)19-17(22)13-20-8-10-21(11-9-20)18(23)16-3-2-12-24-16/h4-7,16H,2-3,8-13H2,1H3,(H,19,22). The molecule has 2 aliphatic heterocycles. The van der Waals surface area contributed by atoms with E-state index in [-0.39, 0.29) is 17.9 Å². The Labute approximate surface area is 142 Å². The Kier molecular flexibility index (Phi) is 5.48. The number of amides is 2. The second-order valence-corrected chi connectivity index (χ2v) is 6.52. The quantitative estimate of drug-likeness (QED) is 0.902. The predicted octanol–water partition coefficient (Wildman–Crippen LogP) is 1.26. The van der Waals surface area contributed by atoms with Gasteiger partial charge in [0.25, 0.3) is 5.91 Å². The van der Waals surface area contributed by atoms with E-state index in [1.165, 1.54) is 5.56 Å². The number of piperazine rings is 1. The third kappa shape index (κ3) is 4.33. The summed E-state index contributed by atoms with van der Waals surface area (Å²) in [5.74, 6) is 0.0917. The predicted molar refractivity (Wildman–Crippen MR) is 91.8 cm³/mol. The first-order valence-electron chi connectivity index (χ1n) is 8.61. The minimum atomic E-state index is -0.249. The molecule has 2 amide bonds. The summed E-state index contributed by atoms with van der Waals surface area (Å²) in [5, 5.41) is 2.91. The molecule has 0 aromatic heterocycles. The molecule has 0 radical (unpaired) electrons. The van der Waals surface area contributed by atoms with Crippen molar-refractivity contribution in [1.29, 1.82) is 0 Å². The molecule has 2 aliphatic rings. The summed E-state index contributed by atoms with van der Waals surface area (Å²) in [6.45, 7) is 5.83. The van der Waals surface area contributed by atoms with Crippen molar-refractivity contribution in [3.8, 4) is 0 Å². The van der Waals surface area contributed by atoms with Gasteiger partial charge in [0.15, 0.2) is 0 Å². The molecular weight excluding hydrogens is 306 g/mol. The maximum absolute atomic E-state index is 12.3. The average molecular weight is 331 g/mol. The van der Waals surface area contributed by atoms with Crippen molar-refractivity contribution in [1.82, 2.24) is 9.80 Å². The van der Waals surface area contributed by atoms with Gasteiger partial charge in [-0.3, -0.25) is 14.5 Å². The van der Waals surface area contributed by atoms with Crippen molar-refractivity contribution in [2.24, 2.45) is 0 Å². The lowest BCUT2D eigenvalue weighted by Gasteiger charge is -2.35. The van der Waals surface area contributed by atoms with E-state index in [1.807, 2.05) is 36.1 Å². The average Bonchev–Trinajstić information content (AvgIpc) is 3.11.